The molecule has 0 saturated carbocycles. The van der Waals surface area contributed by atoms with E-state index >= 15 is 0 Å². The molecular formula is C14H19BrO. The van der Waals surface area contributed by atoms with E-state index in [1.54, 1.807) is 0 Å². The molecule has 0 amide bonds. The Labute approximate surface area is 106 Å². The van der Waals surface area contributed by atoms with Crippen LogP contribution in [0.5, 0.6) is 0 Å². The number of ketones is 1. The fraction of sp³-hybridized carbons (Fsp3) is 0.500. The van der Waals surface area contributed by atoms with E-state index in [0.717, 1.165) is 16.7 Å². The van der Waals surface area contributed by atoms with Crippen LogP contribution in [0.2, 0.25) is 0 Å². The highest BCUT2D eigenvalue weighted by Crippen LogP contribution is 2.27. The summed E-state index contributed by atoms with van der Waals surface area (Å²) in [4.78, 5) is 11.8. The van der Waals surface area contributed by atoms with Crippen molar-refractivity contribution in [2.24, 2.45) is 0 Å². The molecule has 1 rings (SSSR count). The van der Waals surface area contributed by atoms with Gasteiger partial charge in [0.2, 0.25) is 0 Å². The zero-order chi connectivity index (χ0) is 12.5. The number of Topliss-reactive ketones (excluding diaryl/α,β-unsaturated/α-hetero) is 1. The lowest BCUT2D eigenvalue weighted by atomic mass is 9.83. The molecule has 2 heteroatoms. The van der Waals surface area contributed by atoms with Crippen LogP contribution >= 0.6 is 15.9 Å². The van der Waals surface area contributed by atoms with Crippen LogP contribution in [-0.2, 0) is 5.41 Å². The molecule has 0 unspecified atom stereocenters. The number of carbonyl (C=O) groups excluding carboxylic acids is 1. The monoisotopic (exact) mass is 282 g/mol. The number of benzene rings is 1. The molecule has 0 spiro atoms. The lowest BCUT2D eigenvalue weighted by Crippen LogP contribution is -2.14. The van der Waals surface area contributed by atoms with Gasteiger partial charge < -0.3 is 0 Å². The van der Waals surface area contributed by atoms with Crippen LogP contribution in [0, 0.1) is 13.8 Å². The van der Waals surface area contributed by atoms with Gasteiger partial charge in [-0.15, -0.1) is 0 Å². The average Bonchev–Trinajstić information content (AvgIpc) is 2.14. The maximum Gasteiger partial charge on any atom is 0.173 e. The summed E-state index contributed by atoms with van der Waals surface area (Å²) < 4.78 is 0. The zero-order valence-corrected chi connectivity index (χ0v) is 12.2. The normalized spacial score (nSPS) is 11.6. The predicted molar refractivity (Wildman–Crippen MR) is 72.7 cm³/mol. The van der Waals surface area contributed by atoms with Crippen LogP contribution in [0.3, 0.4) is 0 Å². The predicted octanol–water partition coefficient (Wildman–Crippen LogP) is 4.18. The van der Waals surface area contributed by atoms with E-state index in [1.807, 2.05) is 13.8 Å². The van der Waals surface area contributed by atoms with E-state index in [1.165, 1.54) is 5.56 Å². The third-order valence-corrected chi connectivity index (χ3v) is 3.31. The van der Waals surface area contributed by atoms with Gasteiger partial charge in [-0.1, -0.05) is 48.8 Å². The van der Waals surface area contributed by atoms with Gasteiger partial charge in [-0.2, -0.15) is 0 Å². The molecule has 88 valence electrons. The van der Waals surface area contributed by atoms with Crippen molar-refractivity contribution >= 4 is 21.7 Å². The van der Waals surface area contributed by atoms with Crippen LogP contribution in [-0.4, -0.2) is 11.1 Å². The first-order valence-electron chi connectivity index (χ1n) is 5.48. The first-order valence-corrected chi connectivity index (χ1v) is 6.60. The number of hydrogen-bond acceptors (Lipinski definition) is 1. The lowest BCUT2D eigenvalue weighted by molar-refractivity contribution is 0.102. The number of hydrogen-bond donors (Lipinski definition) is 0. The Morgan fingerprint density at radius 3 is 1.94 bits per heavy atom. The molecule has 0 bridgehead atoms. The van der Waals surface area contributed by atoms with Crippen molar-refractivity contribution in [3.63, 3.8) is 0 Å². The van der Waals surface area contributed by atoms with E-state index in [9.17, 15) is 4.79 Å². The minimum absolute atomic E-state index is 0.130. The molecule has 0 aliphatic heterocycles. The van der Waals surface area contributed by atoms with Crippen LogP contribution < -0.4 is 0 Å². The summed E-state index contributed by atoms with van der Waals surface area (Å²) in [7, 11) is 0. The van der Waals surface area contributed by atoms with E-state index in [4.69, 9.17) is 0 Å². The molecule has 0 atom stereocenters. The molecule has 0 radical (unpaired) electrons. The maximum absolute atomic E-state index is 11.8. The SMILES string of the molecule is Cc1cc(C(C)(C)C)cc(C)c1C(=O)CBr. The van der Waals surface area contributed by atoms with Crippen molar-refractivity contribution in [1.29, 1.82) is 0 Å². The third kappa shape index (κ3) is 2.73. The minimum Gasteiger partial charge on any atom is -0.293 e. The van der Waals surface area contributed by atoms with Crippen molar-refractivity contribution in [3.05, 3.63) is 34.4 Å². The molecule has 0 saturated heterocycles. The number of aryl methyl sites for hydroxylation is 2. The van der Waals surface area contributed by atoms with E-state index in [-0.39, 0.29) is 11.2 Å². The highest BCUT2D eigenvalue weighted by atomic mass is 79.9. The largest absolute Gasteiger partial charge is 0.293 e. The molecule has 0 aliphatic carbocycles. The highest BCUT2D eigenvalue weighted by molar-refractivity contribution is 9.09. The quantitative estimate of drug-likeness (QED) is 0.588. The Morgan fingerprint density at radius 2 is 1.62 bits per heavy atom. The Morgan fingerprint density at radius 1 is 1.19 bits per heavy atom. The average molecular weight is 283 g/mol. The second-order valence-corrected chi connectivity index (χ2v) is 5.85. The van der Waals surface area contributed by atoms with Gasteiger partial charge in [-0.25, -0.2) is 0 Å². The molecule has 1 aromatic rings. The highest BCUT2D eigenvalue weighted by Gasteiger charge is 2.18. The Hall–Kier alpha value is -0.630. The van der Waals surface area contributed by atoms with Crippen LogP contribution in [0.25, 0.3) is 0 Å². The third-order valence-electron chi connectivity index (χ3n) is 2.80. The Balaban J connectivity index is 3.34. The van der Waals surface area contributed by atoms with Crippen molar-refractivity contribution in [2.45, 2.75) is 40.0 Å². The second-order valence-electron chi connectivity index (χ2n) is 5.29. The summed E-state index contributed by atoms with van der Waals surface area (Å²) in [6.45, 7) is 10.6. The van der Waals surface area contributed by atoms with Gasteiger partial charge in [0.25, 0.3) is 0 Å². The molecule has 1 nitrogen and oxygen atoms in total. The number of rotatable bonds is 2. The van der Waals surface area contributed by atoms with Crippen molar-refractivity contribution in [2.75, 3.05) is 5.33 Å². The van der Waals surface area contributed by atoms with Crippen molar-refractivity contribution in [1.82, 2.24) is 0 Å². The smallest absolute Gasteiger partial charge is 0.173 e. The standard InChI is InChI=1S/C14H19BrO/c1-9-6-11(14(3,4)5)7-10(2)13(9)12(16)8-15/h6-7H,8H2,1-5H3. The van der Waals surface area contributed by atoms with Gasteiger partial charge in [-0.3, -0.25) is 4.79 Å². The van der Waals surface area contributed by atoms with Crippen molar-refractivity contribution in [3.8, 4) is 0 Å². The van der Waals surface area contributed by atoms with E-state index < -0.39 is 0 Å². The molecule has 0 fully saturated rings. The topological polar surface area (TPSA) is 17.1 Å². The Kier molecular flexibility index (Phi) is 3.95. The fourth-order valence-corrected chi connectivity index (χ4v) is 2.18. The maximum atomic E-state index is 11.8. The van der Waals surface area contributed by atoms with Gasteiger partial charge >= 0.3 is 0 Å². The van der Waals surface area contributed by atoms with Gasteiger partial charge in [-0.05, 0) is 36.0 Å². The van der Waals surface area contributed by atoms with Gasteiger partial charge in [0, 0.05) is 5.56 Å². The zero-order valence-electron chi connectivity index (χ0n) is 10.6. The first-order chi connectivity index (χ1) is 7.27. The van der Waals surface area contributed by atoms with Crippen LogP contribution in [0.1, 0.15) is 47.8 Å². The van der Waals surface area contributed by atoms with Gasteiger partial charge in [0.1, 0.15) is 0 Å². The van der Waals surface area contributed by atoms with Crippen LogP contribution in [0.15, 0.2) is 12.1 Å². The Bertz CT molecular complexity index is 390. The molecule has 0 N–H and O–H groups in total. The fourth-order valence-electron chi connectivity index (χ4n) is 1.90. The summed E-state index contributed by atoms with van der Waals surface area (Å²) in [6.07, 6.45) is 0. The summed E-state index contributed by atoms with van der Waals surface area (Å²) in [5.74, 6) is 0.162. The molecule has 0 aromatic heterocycles. The molecule has 1 aromatic carbocycles. The minimum atomic E-state index is 0.130. The summed E-state index contributed by atoms with van der Waals surface area (Å²) in [6, 6.07) is 4.26. The lowest BCUT2D eigenvalue weighted by Gasteiger charge is -2.21. The van der Waals surface area contributed by atoms with E-state index in [0.29, 0.717) is 5.33 Å². The number of alkyl halides is 1. The van der Waals surface area contributed by atoms with Gasteiger partial charge in [0.05, 0.1) is 5.33 Å². The second kappa shape index (κ2) is 4.70. The first kappa shape index (κ1) is 13.4. The molecule has 0 aliphatic rings. The van der Waals surface area contributed by atoms with Crippen LogP contribution in [0.4, 0.5) is 0 Å². The van der Waals surface area contributed by atoms with E-state index in [2.05, 4.69) is 48.8 Å². The number of carbonyl (C=O) groups is 1. The van der Waals surface area contributed by atoms with Gasteiger partial charge in [0.15, 0.2) is 5.78 Å². The summed E-state index contributed by atoms with van der Waals surface area (Å²) in [5.41, 5.74) is 4.44. The molecule has 0 heterocycles. The molecule has 16 heavy (non-hydrogen) atoms. The van der Waals surface area contributed by atoms with Crippen molar-refractivity contribution < 1.29 is 4.79 Å². The molecular weight excluding hydrogens is 264 g/mol. The summed E-state index contributed by atoms with van der Waals surface area (Å²) in [5, 5.41) is 0.392. The number of halogens is 1. The summed E-state index contributed by atoms with van der Waals surface area (Å²) >= 11 is 3.23.